The van der Waals surface area contributed by atoms with Gasteiger partial charge in [0.05, 0.1) is 19.2 Å². The van der Waals surface area contributed by atoms with Crippen molar-refractivity contribution in [2.24, 2.45) is 11.7 Å². The summed E-state index contributed by atoms with van der Waals surface area (Å²) < 4.78 is 32.6. The third kappa shape index (κ3) is 5.03. The molecule has 32 heavy (non-hydrogen) atoms. The van der Waals surface area contributed by atoms with E-state index < -0.39 is 27.9 Å². The van der Waals surface area contributed by atoms with Crippen molar-refractivity contribution in [1.29, 1.82) is 0 Å². The van der Waals surface area contributed by atoms with Gasteiger partial charge < -0.3 is 15.8 Å². The largest absolute Gasteiger partial charge is 0.465 e. The Bertz CT molecular complexity index is 1260. The summed E-state index contributed by atoms with van der Waals surface area (Å²) in [5.41, 5.74) is 6.08. The van der Waals surface area contributed by atoms with E-state index in [1.807, 2.05) is 13.8 Å². The van der Waals surface area contributed by atoms with Crippen molar-refractivity contribution in [1.82, 2.24) is 14.7 Å². The predicted molar refractivity (Wildman–Crippen MR) is 121 cm³/mol. The van der Waals surface area contributed by atoms with E-state index >= 15 is 0 Å². The first-order chi connectivity index (χ1) is 15.1. The Labute approximate surface area is 189 Å². The molecule has 0 aliphatic carbocycles. The van der Waals surface area contributed by atoms with Crippen LogP contribution in [-0.2, 0) is 26.1 Å². The summed E-state index contributed by atoms with van der Waals surface area (Å²) >= 11 is 0.969. The molecule has 1 amide bonds. The highest BCUT2D eigenvalue weighted by Gasteiger charge is 2.25. The second-order valence-electron chi connectivity index (χ2n) is 7.20. The number of anilines is 1. The fourth-order valence-electron chi connectivity index (χ4n) is 3.02. The van der Waals surface area contributed by atoms with Gasteiger partial charge in [0.2, 0.25) is 15.9 Å². The number of carbonyl (C=O) groups excluding carboxylic acids is 2. The van der Waals surface area contributed by atoms with Crippen LogP contribution in [0.1, 0.15) is 29.3 Å². The molecule has 0 bridgehead atoms. The zero-order valence-corrected chi connectivity index (χ0v) is 19.3. The number of aromatic nitrogens is 2. The van der Waals surface area contributed by atoms with E-state index in [0.29, 0.717) is 16.7 Å². The Morgan fingerprint density at radius 3 is 2.56 bits per heavy atom. The number of para-hydroxylation sites is 1. The highest BCUT2D eigenvalue weighted by atomic mass is 32.2. The molecule has 3 rings (SSSR count). The molecule has 10 nitrogen and oxygen atoms in total. The number of hydrogen-bond acceptors (Lipinski definition) is 9. The maximum Gasteiger partial charge on any atom is 0.349 e. The van der Waals surface area contributed by atoms with Crippen molar-refractivity contribution < 1.29 is 22.7 Å². The van der Waals surface area contributed by atoms with Crippen LogP contribution >= 0.6 is 11.3 Å². The SMILES string of the molecule is COC(=O)c1sccc1S(=O)(=O)NCc1nc(N[C@H](C(N)=O)C(C)C)c2ccccc2n1. The number of primary amides is 1. The summed E-state index contributed by atoms with van der Waals surface area (Å²) in [6.07, 6.45) is 0. The molecule has 2 aromatic heterocycles. The van der Waals surface area contributed by atoms with Gasteiger partial charge >= 0.3 is 5.97 Å². The molecule has 2 heterocycles. The maximum atomic E-state index is 12.8. The molecule has 1 atom stereocenters. The Morgan fingerprint density at radius 1 is 1.19 bits per heavy atom. The average Bonchev–Trinajstić information content (AvgIpc) is 3.26. The summed E-state index contributed by atoms with van der Waals surface area (Å²) in [4.78, 5) is 32.3. The van der Waals surface area contributed by atoms with E-state index in [-0.39, 0.29) is 28.1 Å². The molecule has 0 aliphatic heterocycles. The second-order valence-corrected chi connectivity index (χ2v) is 9.86. The number of rotatable bonds is 9. The fraction of sp³-hybridized carbons (Fsp3) is 0.300. The van der Waals surface area contributed by atoms with Crippen molar-refractivity contribution in [3.8, 4) is 0 Å². The van der Waals surface area contributed by atoms with Crippen LogP contribution in [0.25, 0.3) is 10.9 Å². The van der Waals surface area contributed by atoms with Crippen LogP contribution in [0.2, 0.25) is 0 Å². The van der Waals surface area contributed by atoms with Gasteiger partial charge in [-0.3, -0.25) is 4.79 Å². The Balaban J connectivity index is 1.92. The molecule has 4 N–H and O–H groups in total. The number of sulfonamides is 1. The minimum Gasteiger partial charge on any atom is -0.465 e. The van der Waals surface area contributed by atoms with E-state index in [1.54, 1.807) is 24.3 Å². The number of fused-ring (bicyclic) bond motifs is 1. The number of thiophene rings is 1. The highest BCUT2D eigenvalue weighted by molar-refractivity contribution is 7.89. The van der Waals surface area contributed by atoms with Crippen molar-refractivity contribution in [2.75, 3.05) is 12.4 Å². The van der Waals surface area contributed by atoms with Gasteiger partial charge in [-0.2, -0.15) is 0 Å². The molecule has 1 aromatic carbocycles. The molecule has 0 unspecified atom stereocenters. The van der Waals surface area contributed by atoms with Crippen LogP contribution in [0.3, 0.4) is 0 Å². The lowest BCUT2D eigenvalue weighted by molar-refractivity contribution is -0.119. The number of nitrogens with one attached hydrogen (secondary N) is 2. The lowest BCUT2D eigenvalue weighted by Gasteiger charge is -2.21. The standard InChI is InChI=1S/C20H23N5O5S2/c1-11(2)16(18(21)26)25-19-12-6-4-5-7-13(12)23-15(24-19)10-22-32(28,29)14-8-9-31-17(14)20(27)30-3/h4-9,11,16,22H,10H2,1-3H3,(H2,21,26)(H,23,24,25)/t16-/m0/s1. The molecule has 0 radical (unpaired) electrons. The van der Waals surface area contributed by atoms with Crippen LogP contribution in [0.4, 0.5) is 5.82 Å². The highest BCUT2D eigenvalue weighted by Crippen LogP contribution is 2.24. The van der Waals surface area contributed by atoms with E-state index in [0.717, 1.165) is 11.3 Å². The molecular formula is C20H23N5O5S2. The van der Waals surface area contributed by atoms with Crippen molar-refractivity contribution >= 4 is 50.0 Å². The van der Waals surface area contributed by atoms with E-state index in [2.05, 4.69) is 24.7 Å². The number of hydrogen-bond donors (Lipinski definition) is 3. The predicted octanol–water partition coefficient (Wildman–Crippen LogP) is 1.88. The van der Waals surface area contributed by atoms with Gasteiger partial charge in [-0.05, 0) is 29.5 Å². The molecule has 3 aromatic rings. The molecule has 12 heteroatoms. The van der Waals surface area contributed by atoms with E-state index in [1.165, 1.54) is 18.6 Å². The summed E-state index contributed by atoms with van der Waals surface area (Å²) in [6, 6.07) is 7.79. The third-order valence-electron chi connectivity index (χ3n) is 4.62. The number of benzene rings is 1. The van der Waals surface area contributed by atoms with Gasteiger partial charge in [-0.15, -0.1) is 11.3 Å². The van der Waals surface area contributed by atoms with Crippen molar-refractivity contribution in [2.45, 2.75) is 31.3 Å². The second kappa shape index (κ2) is 9.59. The van der Waals surface area contributed by atoms with Crippen LogP contribution in [0, 0.1) is 5.92 Å². The normalized spacial score (nSPS) is 12.6. The maximum absolute atomic E-state index is 12.8. The Hall–Kier alpha value is -3.09. The number of carbonyl (C=O) groups is 2. The summed E-state index contributed by atoms with van der Waals surface area (Å²) in [5.74, 6) is -0.819. The molecule has 0 saturated carbocycles. The van der Waals surface area contributed by atoms with Crippen LogP contribution in [0.15, 0.2) is 40.6 Å². The molecule has 0 aliphatic rings. The van der Waals surface area contributed by atoms with Crippen LogP contribution < -0.4 is 15.8 Å². The van der Waals surface area contributed by atoms with Gasteiger partial charge in [-0.1, -0.05) is 26.0 Å². The average molecular weight is 478 g/mol. The molecule has 170 valence electrons. The van der Waals surface area contributed by atoms with Gasteiger partial charge in [0.25, 0.3) is 0 Å². The third-order valence-corrected chi connectivity index (χ3v) is 7.09. The summed E-state index contributed by atoms with van der Waals surface area (Å²) in [6.45, 7) is 3.46. The summed E-state index contributed by atoms with van der Waals surface area (Å²) in [7, 11) is -2.85. The van der Waals surface area contributed by atoms with Gasteiger partial charge in [0.1, 0.15) is 27.5 Å². The topological polar surface area (TPSA) is 153 Å². The number of methoxy groups -OCH3 is 1. The zero-order valence-electron chi connectivity index (χ0n) is 17.7. The monoisotopic (exact) mass is 477 g/mol. The van der Waals surface area contributed by atoms with Gasteiger partial charge in [0.15, 0.2) is 0 Å². The summed E-state index contributed by atoms with van der Waals surface area (Å²) in [5, 5.41) is 5.21. The minimum absolute atomic E-state index is 0.0250. The first-order valence-corrected chi connectivity index (χ1v) is 12.0. The van der Waals surface area contributed by atoms with E-state index in [9.17, 15) is 18.0 Å². The lowest BCUT2D eigenvalue weighted by atomic mass is 10.0. The van der Waals surface area contributed by atoms with Crippen molar-refractivity contribution in [3.05, 3.63) is 46.4 Å². The molecule has 0 spiro atoms. The van der Waals surface area contributed by atoms with E-state index in [4.69, 9.17) is 5.73 Å². The fourth-order valence-corrected chi connectivity index (χ4v) is 5.33. The first kappa shape index (κ1) is 23.6. The number of nitrogens with zero attached hydrogens (tertiary/aromatic N) is 2. The lowest BCUT2D eigenvalue weighted by Crippen LogP contribution is -2.40. The molecule has 0 saturated heterocycles. The number of esters is 1. The first-order valence-electron chi connectivity index (χ1n) is 9.61. The minimum atomic E-state index is -4.03. The van der Waals surface area contributed by atoms with Crippen molar-refractivity contribution in [3.63, 3.8) is 0 Å². The molecular weight excluding hydrogens is 454 g/mol. The van der Waals surface area contributed by atoms with Gasteiger partial charge in [-0.25, -0.2) is 27.9 Å². The zero-order chi connectivity index (χ0) is 23.5. The Morgan fingerprint density at radius 2 is 1.91 bits per heavy atom. The van der Waals surface area contributed by atoms with Crippen LogP contribution in [-0.4, -0.2) is 43.4 Å². The number of ether oxygens (including phenoxy) is 1. The smallest absolute Gasteiger partial charge is 0.349 e. The number of nitrogens with two attached hydrogens (primary N) is 1. The van der Waals surface area contributed by atoms with Gasteiger partial charge in [0, 0.05) is 5.39 Å². The Kier molecular flexibility index (Phi) is 7.06. The quantitative estimate of drug-likeness (QED) is 0.395. The number of amides is 1. The van der Waals surface area contributed by atoms with Crippen LogP contribution in [0.5, 0.6) is 0 Å². The molecule has 0 fully saturated rings.